The molecule has 2 N–H and O–H groups in total. The van der Waals surface area contributed by atoms with Crippen LogP contribution in [0.25, 0.3) is 0 Å². The van der Waals surface area contributed by atoms with E-state index in [0.717, 1.165) is 11.3 Å². The summed E-state index contributed by atoms with van der Waals surface area (Å²) in [6.07, 6.45) is -0.791. The van der Waals surface area contributed by atoms with Gasteiger partial charge in [-0.1, -0.05) is 35.3 Å². The highest BCUT2D eigenvalue weighted by molar-refractivity contribution is 6.36. The van der Waals surface area contributed by atoms with Crippen LogP contribution in [0.4, 0.5) is 5.69 Å². The fraction of sp³-hybridized carbons (Fsp3) is 0.235. The van der Waals surface area contributed by atoms with Gasteiger partial charge in [0.15, 0.2) is 0 Å². The maximum absolute atomic E-state index is 12.1. The zero-order valence-electron chi connectivity index (χ0n) is 12.9. The van der Waals surface area contributed by atoms with E-state index in [2.05, 4.69) is 5.32 Å². The van der Waals surface area contributed by atoms with E-state index < -0.39 is 6.10 Å². The summed E-state index contributed by atoms with van der Waals surface area (Å²) in [4.78, 5) is 14.1. The highest BCUT2D eigenvalue weighted by Crippen LogP contribution is 2.21. The molecule has 1 unspecified atom stereocenters. The first-order valence-electron chi connectivity index (χ1n) is 7.07. The lowest BCUT2D eigenvalue weighted by atomic mass is 10.1. The second-order valence-corrected chi connectivity index (χ2v) is 6.18. The Morgan fingerprint density at radius 3 is 2.39 bits per heavy atom. The molecular weight excluding hydrogens is 335 g/mol. The molecule has 0 aliphatic rings. The number of amides is 1. The maximum atomic E-state index is 12.1. The summed E-state index contributed by atoms with van der Waals surface area (Å²) in [6, 6.07) is 12.2. The minimum Gasteiger partial charge on any atom is -0.387 e. The summed E-state index contributed by atoms with van der Waals surface area (Å²) in [5, 5.41) is 13.6. The second-order valence-electron chi connectivity index (χ2n) is 5.34. The Labute approximate surface area is 145 Å². The molecule has 0 saturated carbocycles. The van der Waals surface area contributed by atoms with Crippen LogP contribution in [-0.2, 0) is 0 Å². The molecule has 4 nitrogen and oxygen atoms in total. The number of aliphatic hydroxyl groups is 1. The van der Waals surface area contributed by atoms with E-state index in [1.807, 2.05) is 43.3 Å². The van der Waals surface area contributed by atoms with Crippen molar-refractivity contribution in [3.05, 3.63) is 63.6 Å². The van der Waals surface area contributed by atoms with Crippen LogP contribution in [-0.4, -0.2) is 31.7 Å². The molecule has 0 aromatic heterocycles. The molecule has 0 saturated heterocycles. The molecule has 6 heteroatoms. The number of benzene rings is 2. The van der Waals surface area contributed by atoms with Gasteiger partial charge in [-0.25, -0.2) is 0 Å². The molecular formula is C17H18Cl2N2O2. The van der Waals surface area contributed by atoms with Gasteiger partial charge in [-0.2, -0.15) is 0 Å². The van der Waals surface area contributed by atoms with Crippen LogP contribution in [0.2, 0.25) is 10.0 Å². The van der Waals surface area contributed by atoms with Gasteiger partial charge in [-0.3, -0.25) is 4.79 Å². The Morgan fingerprint density at radius 1 is 1.17 bits per heavy atom. The number of aliphatic hydroxyl groups excluding tert-OH is 1. The Hall–Kier alpha value is -1.75. The van der Waals surface area contributed by atoms with Crippen molar-refractivity contribution in [1.82, 2.24) is 5.32 Å². The minimum absolute atomic E-state index is 0.0963. The maximum Gasteiger partial charge on any atom is 0.252 e. The molecule has 0 aliphatic heterocycles. The van der Waals surface area contributed by atoms with Gasteiger partial charge < -0.3 is 15.3 Å². The highest BCUT2D eigenvalue weighted by Gasteiger charge is 2.13. The van der Waals surface area contributed by atoms with E-state index in [-0.39, 0.29) is 17.5 Å². The number of hydrogen-bond acceptors (Lipinski definition) is 3. The summed E-state index contributed by atoms with van der Waals surface area (Å²) in [5.74, 6) is -0.351. The molecule has 0 fully saturated rings. The van der Waals surface area contributed by atoms with Gasteiger partial charge in [0.1, 0.15) is 0 Å². The van der Waals surface area contributed by atoms with Gasteiger partial charge in [0, 0.05) is 31.4 Å². The van der Waals surface area contributed by atoms with Crippen LogP contribution in [0.5, 0.6) is 0 Å². The largest absolute Gasteiger partial charge is 0.387 e. The average molecular weight is 353 g/mol. The van der Waals surface area contributed by atoms with Gasteiger partial charge in [0.25, 0.3) is 5.91 Å². The van der Waals surface area contributed by atoms with Crippen molar-refractivity contribution < 1.29 is 9.90 Å². The zero-order chi connectivity index (χ0) is 17.0. The number of nitrogens with one attached hydrogen (secondary N) is 1. The van der Waals surface area contributed by atoms with Gasteiger partial charge in [0.2, 0.25) is 0 Å². The quantitative estimate of drug-likeness (QED) is 0.865. The third-order valence-electron chi connectivity index (χ3n) is 3.43. The number of halogens is 2. The van der Waals surface area contributed by atoms with Crippen LogP contribution in [0.1, 0.15) is 22.0 Å². The predicted octanol–water partition coefficient (Wildman–Crippen LogP) is 3.52. The first kappa shape index (κ1) is 17.6. The summed E-state index contributed by atoms with van der Waals surface area (Å²) in [5.41, 5.74) is 2.10. The van der Waals surface area contributed by atoms with Gasteiger partial charge in [0.05, 0.1) is 16.7 Å². The molecule has 23 heavy (non-hydrogen) atoms. The van der Waals surface area contributed by atoms with Crippen molar-refractivity contribution >= 4 is 34.8 Å². The summed E-state index contributed by atoms with van der Waals surface area (Å²) >= 11 is 11.8. The summed E-state index contributed by atoms with van der Waals surface area (Å²) in [6.45, 7) is 0.0963. The van der Waals surface area contributed by atoms with Gasteiger partial charge >= 0.3 is 0 Å². The van der Waals surface area contributed by atoms with Crippen LogP contribution in [0, 0.1) is 0 Å². The topological polar surface area (TPSA) is 52.6 Å². The molecule has 2 aromatic carbocycles. The molecule has 2 rings (SSSR count). The zero-order valence-corrected chi connectivity index (χ0v) is 14.4. The van der Waals surface area contributed by atoms with Gasteiger partial charge in [-0.15, -0.1) is 0 Å². The molecule has 122 valence electrons. The SMILES string of the molecule is CN(C)c1ccc(C(O)CNC(=O)c2ccc(Cl)cc2Cl)cc1. The van der Waals surface area contributed by atoms with E-state index in [0.29, 0.717) is 10.6 Å². The summed E-state index contributed by atoms with van der Waals surface area (Å²) in [7, 11) is 3.89. The van der Waals surface area contributed by atoms with Crippen molar-refractivity contribution in [1.29, 1.82) is 0 Å². The lowest BCUT2D eigenvalue weighted by Gasteiger charge is -2.16. The Balaban J connectivity index is 1.98. The molecule has 1 amide bonds. The minimum atomic E-state index is -0.791. The van der Waals surface area contributed by atoms with E-state index in [1.165, 1.54) is 6.07 Å². The van der Waals surface area contributed by atoms with Crippen LogP contribution < -0.4 is 10.2 Å². The Morgan fingerprint density at radius 2 is 1.83 bits per heavy atom. The lowest BCUT2D eigenvalue weighted by Crippen LogP contribution is -2.28. The number of carbonyl (C=O) groups excluding carboxylic acids is 1. The molecule has 1 atom stereocenters. The van der Waals surface area contributed by atoms with Crippen LogP contribution >= 0.6 is 23.2 Å². The normalized spacial score (nSPS) is 11.9. The first-order chi connectivity index (χ1) is 10.9. The standard InChI is InChI=1S/C17H18Cl2N2O2/c1-21(2)13-6-3-11(4-7-13)16(22)10-20-17(23)14-8-5-12(18)9-15(14)19/h3-9,16,22H,10H2,1-2H3,(H,20,23). The van der Waals surface area contributed by atoms with Crippen molar-refractivity contribution in [2.75, 3.05) is 25.5 Å². The molecule has 0 radical (unpaired) electrons. The number of rotatable bonds is 5. The Kier molecular flexibility index (Phi) is 5.88. The Bertz CT molecular complexity index is 687. The predicted molar refractivity (Wildman–Crippen MR) is 94.5 cm³/mol. The first-order valence-corrected chi connectivity index (χ1v) is 7.82. The van der Waals surface area contributed by atoms with Crippen LogP contribution in [0.15, 0.2) is 42.5 Å². The number of anilines is 1. The molecule has 0 aliphatic carbocycles. The molecule has 0 bridgehead atoms. The third kappa shape index (κ3) is 4.61. The van der Waals surface area contributed by atoms with Crippen molar-refractivity contribution in [2.24, 2.45) is 0 Å². The van der Waals surface area contributed by atoms with E-state index in [1.54, 1.807) is 12.1 Å². The van der Waals surface area contributed by atoms with E-state index >= 15 is 0 Å². The van der Waals surface area contributed by atoms with Gasteiger partial charge in [-0.05, 0) is 35.9 Å². The van der Waals surface area contributed by atoms with Crippen molar-refractivity contribution in [2.45, 2.75) is 6.10 Å². The van der Waals surface area contributed by atoms with Crippen molar-refractivity contribution in [3.8, 4) is 0 Å². The number of nitrogens with zero attached hydrogens (tertiary/aromatic N) is 1. The van der Waals surface area contributed by atoms with Crippen molar-refractivity contribution in [3.63, 3.8) is 0 Å². The second kappa shape index (κ2) is 7.68. The number of hydrogen-bond donors (Lipinski definition) is 2. The molecule has 0 heterocycles. The van der Waals surface area contributed by atoms with E-state index in [4.69, 9.17) is 23.2 Å². The summed E-state index contributed by atoms with van der Waals surface area (Å²) < 4.78 is 0. The fourth-order valence-electron chi connectivity index (χ4n) is 2.07. The molecule has 2 aromatic rings. The lowest BCUT2D eigenvalue weighted by molar-refractivity contribution is 0.0916. The van der Waals surface area contributed by atoms with Crippen LogP contribution in [0.3, 0.4) is 0 Å². The monoisotopic (exact) mass is 352 g/mol. The number of carbonyl (C=O) groups is 1. The van der Waals surface area contributed by atoms with E-state index in [9.17, 15) is 9.90 Å². The smallest absolute Gasteiger partial charge is 0.252 e. The molecule has 0 spiro atoms. The fourth-order valence-corrected chi connectivity index (χ4v) is 2.56. The third-order valence-corrected chi connectivity index (χ3v) is 3.97. The average Bonchev–Trinajstić information content (AvgIpc) is 2.52. The highest BCUT2D eigenvalue weighted by atomic mass is 35.5.